The summed E-state index contributed by atoms with van der Waals surface area (Å²) in [6.45, 7) is 4.48. The number of aromatic amines is 1. The number of fused-ring (bicyclic) bond motifs is 1. The van der Waals surface area contributed by atoms with Gasteiger partial charge in [-0.1, -0.05) is 18.2 Å². The number of aromatic nitrogens is 2. The molecule has 1 saturated heterocycles. The van der Waals surface area contributed by atoms with E-state index < -0.39 is 11.6 Å². The number of benzene rings is 3. The molecular weight excluding hydrogens is 568 g/mol. The van der Waals surface area contributed by atoms with Gasteiger partial charge in [0.05, 0.1) is 32.4 Å². The highest BCUT2D eigenvalue weighted by Gasteiger charge is 2.25. The number of carbonyl (C=O) groups excluding carboxylic acids is 1. The zero-order valence-electron chi connectivity index (χ0n) is 25.6. The molecule has 44 heavy (non-hydrogen) atoms. The summed E-state index contributed by atoms with van der Waals surface area (Å²) in [4.78, 5) is 28.0. The van der Waals surface area contributed by atoms with Gasteiger partial charge >= 0.3 is 0 Å². The Labute approximate surface area is 256 Å². The van der Waals surface area contributed by atoms with Gasteiger partial charge in [0, 0.05) is 44.7 Å². The average molecular weight is 608 g/mol. The van der Waals surface area contributed by atoms with E-state index in [9.17, 15) is 13.6 Å². The first-order valence-electron chi connectivity index (χ1n) is 14.7. The van der Waals surface area contributed by atoms with Gasteiger partial charge in [-0.15, -0.1) is 0 Å². The second kappa shape index (κ2) is 13.9. The molecule has 2 heterocycles. The van der Waals surface area contributed by atoms with Crippen LogP contribution in [0.15, 0.2) is 54.6 Å². The standard InChI is InChI=1S/C33H39F2N5O4/c1-38(32(41)24-19-29(42-2)31(44-4)30(20-24)43-3)21-23(22-10-11-25(34)26(35)18-22)12-15-39-13-7-14-40(17-16-39)33-36-27-8-5-6-9-28(27)37-33/h5-6,8-11,18-20,23H,7,12-17,21H2,1-4H3,(H,36,37). The van der Waals surface area contributed by atoms with Crippen molar-refractivity contribution in [1.82, 2.24) is 19.8 Å². The van der Waals surface area contributed by atoms with Crippen molar-refractivity contribution in [2.75, 3.05) is 72.5 Å². The molecule has 0 radical (unpaired) electrons. The molecule has 1 aliphatic heterocycles. The fraction of sp³-hybridized carbons (Fsp3) is 0.394. The van der Waals surface area contributed by atoms with Crippen LogP contribution < -0.4 is 19.1 Å². The number of anilines is 1. The summed E-state index contributed by atoms with van der Waals surface area (Å²) in [5.41, 5.74) is 2.97. The predicted octanol–water partition coefficient (Wildman–Crippen LogP) is 5.33. The molecule has 4 aromatic rings. The van der Waals surface area contributed by atoms with Crippen molar-refractivity contribution in [3.05, 3.63) is 77.4 Å². The number of hydrogen-bond acceptors (Lipinski definition) is 7. The molecule has 9 nitrogen and oxygen atoms in total. The third-order valence-corrected chi connectivity index (χ3v) is 8.23. The lowest BCUT2D eigenvalue weighted by Crippen LogP contribution is -2.35. The van der Waals surface area contributed by atoms with E-state index in [2.05, 4.69) is 14.8 Å². The SMILES string of the molecule is COc1cc(C(=O)N(C)CC(CCN2CCCN(c3nc4ccccc4[nH]3)CC2)c2ccc(F)c(F)c2)cc(OC)c1OC. The largest absolute Gasteiger partial charge is 0.493 e. The second-order valence-corrected chi connectivity index (χ2v) is 11.0. The number of amides is 1. The van der Waals surface area contributed by atoms with Gasteiger partial charge in [0.15, 0.2) is 23.1 Å². The molecule has 1 unspecified atom stereocenters. The molecule has 1 aromatic heterocycles. The first-order valence-corrected chi connectivity index (χ1v) is 14.7. The third kappa shape index (κ3) is 6.88. The van der Waals surface area contributed by atoms with E-state index in [0.29, 0.717) is 41.3 Å². The molecule has 1 aliphatic rings. The van der Waals surface area contributed by atoms with Gasteiger partial charge < -0.3 is 33.9 Å². The summed E-state index contributed by atoms with van der Waals surface area (Å²) < 4.78 is 44.4. The van der Waals surface area contributed by atoms with Gasteiger partial charge in [0.2, 0.25) is 11.7 Å². The van der Waals surface area contributed by atoms with Crippen LogP contribution in [0.25, 0.3) is 11.0 Å². The molecule has 234 valence electrons. The Hall–Kier alpha value is -4.38. The number of imidazole rings is 1. The number of H-pyrrole nitrogens is 1. The van der Waals surface area contributed by atoms with Crippen molar-refractivity contribution in [1.29, 1.82) is 0 Å². The summed E-state index contributed by atoms with van der Waals surface area (Å²) in [5, 5.41) is 0. The number of nitrogens with zero attached hydrogens (tertiary/aromatic N) is 4. The maximum absolute atomic E-state index is 14.3. The normalized spacial score (nSPS) is 14.7. The van der Waals surface area contributed by atoms with Crippen LogP contribution in [0.2, 0.25) is 0 Å². The molecule has 0 bridgehead atoms. The number of ether oxygens (including phenoxy) is 3. The lowest BCUT2D eigenvalue weighted by atomic mass is 9.94. The smallest absolute Gasteiger partial charge is 0.253 e. The van der Waals surface area contributed by atoms with Crippen molar-refractivity contribution >= 4 is 22.9 Å². The minimum Gasteiger partial charge on any atom is -0.493 e. The first kappa shape index (κ1) is 31.1. The van der Waals surface area contributed by atoms with Gasteiger partial charge in [0.25, 0.3) is 5.91 Å². The summed E-state index contributed by atoms with van der Waals surface area (Å²) in [6, 6.07) is 15.2. The molecule has 5 rings (SSSR count). The van der Waals surface area contributed by atoms with Gasteiger partial charge in [-0.3, -0.25) is 4.79 Å². The molecule has 1 atom stereocenters. The first-order chi connectivity index (χ1) is 21.3. The Morgan fingerprint density at radius 2 is 1.70 bits per heavy atom. The van der Waals surface area contributed by atoms with Crippen LogP contribution in [-0.4, -0.2) is 93.3 Å². The molecule has 11 heteroatoms. The Bertz CT molecular complexity index is 1540. The highest BCUT2D eigenvalue weighted by molar-refractivity contribution is 5.95. The van der Waals surface area contributed by atoms with Crippen LogP contribution in [-0.2, 0) is 0 Å². The van der Waals surface area contributed by atoms with E-state index >= 15 is 0 Å². The Morgan fingerprint density at radius 3 is 2.39 bits per heavy atom. The highest BCUT2D eigenvalue weighted by atomic mass is 19.2. The number of carbonyl (C=O) groups is 1. The number of likely N-dealkylation sites (N-methyl/N-ethyl adjacent to an activating group) is 1. The number of para-hydroxylation sites is 2. The summed E-state index contributed by atoms with van der Waals surface area (Å²) >= 11 is 0. The Kier molecular flexibility index (Phi) is 9.84. The van der Waals surface area contributed by atoms with Crippen molar-refractivity contribution in [2.24, 2.45) is 0 Å². The summed E-state index contributed by atoms with van der Waals surface area (Å²) in [6.07, 6.45) is 1.62. The highest BCUT2D eigenvalue weighted by Crippen LogP contribution is 2.38. The average Bonchev–Trinajstić information content (AvgIpc) is 3.34. The van der Waals surface area contributed by atoms with E-state index in [1.165, 1.54) is 27.4 Å². The van der Waals surface area contributed by atoms with Crippen molar-refractivity contribution < 1.29 is 27.8 Å². The van der Waals surface area contributed by atoms with Crippen LogP contribution in [0, 0.1) is 11.6 Å². The zero-order valence-corrected chi connectivity index (χ0v) is 25.6. The number of nitrogens with one attached hydrogen (secondary N) is 1. The minimum absolute atomic E-state index is 0.226. The van der Waals surface area contributed by atoms with E-state index in [4.69, 9.17) is 19.2 Å². The fourth-order valence-electron chi connectivity index (χ4n) is 5.80. The maximum Gasteiger partial charge on any atom is 0.253 e. The Balaban J connectivity index is 1.29. The molecule has 0 aliphatic carbocycles. The van der Waals surface area contributed by atoms with Gasteiger partial charge in [-0.05, 0) is 67.9 Å². The van der Waals surface area contributed by atoms with E-state index in [1.54, 1.807) is 30.1 Å². The van der Waals surface area contributed by atoms with Crippen molar-refractivity contribution in [2.45, 2.75) is 18.8 Å². The zero-order chi connectivity index (χ0) is 31.2. The lowest BCUT2D eigenvalue weighted by Gasteiger charge is -2.28. The van der Waals surface area contributed by atoms with Crippen molar-refractivity contribution in [3.63, 3.8) is 0 Å². The van der Waals surface area contributed by atoms with Gasteiger partial charge in [-0.2, -0.15) is 0 Å². The van der Waals surface area contributed by atoms with Crippen LogP contribution in [0.3, 0.4) is 0 Å². The van der Waals surface area contributed by atoms with Crippen LogP contribution in [0.4, 0.5) is 14.7 Å². The second-order valence-electron chi connectivity index (χ2n) is 11.0. The van der Waals surface area contributed by atoms with E-state index in [1.807, 2.05) is 24.3 Å². The van der Waals surface area contributed by atoms with Crippen molar-refractivity contribution in [3.8, 4) is 17.2 Å². The molecule has 0 saturated carbocycles. The summed E-state index contributed by atoms with van der Waals surface area (Å²) in [5.74, 6) is -0.263. The molecular formula is C33H39F2N5O4. The topological polar surface area (TPSA) is 83.2 Å². The predicted molar refractivity (Wildman–Crippen MR) is 166 cm³/mol. The minimum atomic E-state index is -0.901. The number of halogens is 2. The van der Waals surface area contributed by atoms with Gasteiger partial charge in [-0.25, -0.2) is 13.8 Å². The quantitative estimate of drug-likeness (QED) is 0.247. The van der Waals surface area contributed by atoms with Crippen LogP contribution in [0.5, 0.6) is 17.2 Å². The molecule has 1 N–H and O–H groups in total. The van der Waals surface area contributed by atoms with E-state index in [-0.39, 0.29) is 11.8 Å². The Morgan fingerprint density at radius 1 is 0.955 bits per heavy atom. The number of rotatable bonds is 11. The molecule has 1 fully saturated rings. The molecule has 3 aromatic carbocycles. The fourth-order valence-corrected chi connectivity index (χ4v) is 5.80. The molecule has 1 amide bonds. The van der Waals surface area contributed by atoms with Crippen LogP contribution in [0.1, 0.15) is 34.7 Å². The third-order valence-electron chi connectivity index (χ3n) is 8.23. The van der Waals surface area contributed by atoms with E-state index in [0.717, 1.165) is 62.2 Å². The lowest BCUT2D eigenvalue weighted by molar-refractivity contribution is 0.0782. The number of methoxy groups -OCH3 is 3. The summed E-state index contributed by atoms with van der Waals surface area (Å²) in [7, 11) is 6.19. The van der Waals surface area contributed by atoms with Gasteiger partial charge in [0.1, 0.15) is 0 Å². The van der Waals surface area contributed by atoms with Crippen LogP contribution >= 0.6 is 0 Å². The molecule has 0 spiro atoms. The monoisotopic (exact) mass is 607 g/mol. The number of hydrogen-bond donors (Lipinski definition) is 1. The maximum atomic E-state index is 14.3.